The maximum atomic E-state index is 10.8. The molecule has 1 aliphatic carbocycles. The lowest BCUT2D eigenvalue weighted by Crippen LogP contribution is -2.39. The van der Waals surface area contributed by atoms with Gasteiger partial charge in [-0.1, -0.05) is 31.9 Å². The number of carboxylic acid groups (broad SMARTS) is 1. The van der Waals surface area contributed by atoms with Crippen LogP contribution in [-0.4, -0.2) is 17.1 Å². The third-order valence-electron chi connectivity index (χ3n) is 4.09. The Morgan fingerprint density at radius 1 is 1.37 bits per heavy atom. The summed E-state index contributed by atoms with van der Waals surface area (Å²) in [6, 6.07) is 7.79. The number of hydrogen-bond donors (Lipinski definition) is 2. The SMILES string of the molecule is CCCC(NCc1ccc(C(=O)O)cc1)C1CCC1. The van der Waals surface area contributed by atoms with Gasteiger partial charge in [-0.3, -0.25) is 0 Å². The first-order chi connectivity index (χ1) is 9.20. The Labute approximate surface area is 115 Å². The van der Waals surface area contributed by atoms with E-state index < -0.39 is 5.97 Å². The van der Waals surface area contributed by atoms with Crippen LogP contribution in [0, 0.1) is 5.92 Å². The van der Waals surface area contributed by atoms with Crippen molar-refractivity contribution in [2.75, 3.05) is 0 Å². The second kappa shape index (κ2) is 6.71. The standard InChI is InChI=1S/C16H23NO2/c1-2-4-15(13-5-3-6-13)17-11-12-7-9-14(10-8-12)16(18)19/h7-10,13,15,17H,2-6,11H2,1H3,(H,18,19). The average Bonchev–Trinajstić information content (AvgIpc) is 2.34. The first-order valence-corrected chi connectivity index (χ1v) is 7.26. The van der Waals surface area contributed by atoms with Gasteiger partial charge in [0.2, 0.25) is 0 Å². The minimum absolute atomic E-state index is 0.354. The van der Waals surface area contributed by atoms with Crippen LogP contribution in [0.5, 0.6) is 0 Å². The largest absolute Gasteiger partial charge is 0.478 e. The molecule has 2 N–H and O–H groups in total. The number of nitrogens with one attached hydrogen (secondary N) is 1. The van der Waals surface area contributed by atoms with Crippen molar-refractivity contribution in [2.45, 2.75) is 51.6 Å². The van der Waals surface area contributed by atoms with E-state index in [1.165, 1.54) is 32.1 Å². The summed E-state index contributed by atoms with van der Waals surface area (Å²) >= 11 is 0. The molecule has 0 aromatic heterocycles. The minimum Gasteiger partial charge on any atom is -0.478 e. The minimum atomic E-state index is -0.863. The zero-order chi connectivity index (χ0) is 13.7. The second-order valence-electron chi connectivity index (χ2n) is 5.47. The Bertz CT molecular complexity index is 409. The van der Waals surface area contributed by atoms with Crippen LogP contribution in [-0.2, 0) is 6.54 Å². The van der Waals surface area contributed by atoms with Crippen molar-refractivity contribution in [3.05, 3.63) is 35.4 Å². The lowest BCUT2D eigenvalue weighted by atomic mass is 9.78. The Kier molecular flexibility index (Phi) is 4.97. The van der Waals surface area contributed by atoms with Gasteiger partial charge in [0.15, 0.2) is 0 Å². The topological polar surface area (TPSA) is 49.3 Å². The molecule has 0 bridgehead atoms. The third-order valence-corrected chi connectivity index (χ3v) is 4.09. The fourth-order valence-corrected chi connectivity index (χ4v) is 2.67. The zero-order valence-corrected chi connectivity index (χ0v) is 11.6. The fraction of sp³-hybridized carbons (Fsp3) is 0.562. The molecule has 1 aromatic rings. The van der Waals surface area contributed by atoms with Crippen molar-refractivity contribution in [1.29, 1.82) is 0 Å². The Hall–Kier alpha value is -1.35. The maximum Gasteiger partial charge on any atom is 0.335 e. The molecule has 3 nitrogen and oxygen atoms in total. The van der Waals surface area contributed by atoms with E-state index in [-0.39, 0.29) is 0 Å². The van der Waals surface area contributed by atoms with Crippen molar-refractivity contribution in [2.24, 2.45) is 5.92 Å². The van der Waals surface area contributed by atoms with Crippen LogP contribution in [0.25, 0.3) is 0 Å². The van der Waals surface area contributed by atoms with Crippen LogP contribution in [0.2, 0.25) is 0 Å². The molecule has 1 saturated carbocycles. The van der Waals surface area contributed by atoms with Gasteiger partial charge in [-0.15, -0.1) is 0 Å². The molecule has 1 atom stereocenters. The smallest absolute Gasteiger partial charge is 0.335 e. The highest BCUT2D eigenvalue weighted by atomic mass is 16.4. The van der Waals surface area contributed by atoms with Crippen molar-refractivity contribution in [3.63, 3.8) is 0 Å². The van der Waals surface area contributed by atoms with Gasteiger partial charge in [0.25, 0.3) is 0 Å². The van der Waals surface area contributed by atoms with Gasteiger partial charge in [0, 0.05) is 12.6 Å². The van der Waals surface area contributed by atoms with Gasteiger partial charge in [0.1, 0.15) is 0 Å². The number of aromatic carboxylic acids is 1. The molecule has 1 fully saturated rings. The van der Waals surface area contributed by atoms with Crippen LogP contribution in [0.1, 0.15) is 54.9 Å². The molecule has 0 heterocycles. The summed E-state index contributed by atoms with van der Waals surface area (Å²) in [7, 11) is 0. The van der Waals surface area contributed by atoms with Crippen LogP contribution in [0.3, 0.4) is 0 Å². The van der Waals surface area contributed by atoms with E-state index in [2.05, 4.69) is 12.2 Å². The highest BCUT2D eigenvalue weighted by molar-refractivity contribution is 5.87. The maximum absolute atomic E-state index is 10.8. The molecule has 0 spiro atoms. The molecule has 1 unspecified atom stereocenters. The summed E-state index contributed by atoms with van der Waals surface area (Å²) in [5.41, 5.74) is 1.51. The summed E-state index contributed by atoms with van der Waals surface area (Å²) in [5.74, 6) is -0.0175. The molecule has 1 aromatic carbocycles. The van der Waals surface area contributed by atoms with Crippen molar-refractivity contribution in [3.8, 4) is 0 Å². The summed E-state index contributed by atoms with van der Waals surface area (Å²) in [4.78, 5) is 10.8. The summed E-state index contributed by atoms with van der Waals surface area (Å²) < 4.78 is 0. The summed E-state index contributed by atoms with van der Waals surface area (Å²) in [6.07, 6.45) is 6.54. The van der Waals surface area contributed by atoms with Gasteiger partial charge < -0.3 is 10.4 Å². The molecule has 0 aliphatic heterocycles. The predicted molar refractivity (Wildman–Crippen MR) is 76.3 cm³/mol. The highest BCUT2D eigenvalue weighted by Crippen LogP contribution is 2.31. The van der Waals surface area contributed by atoms with Gasteiger partial charge >= 0.3 is 5.97 Å². The van der Waals surface area contributed by atoms with E-state index in [9.17, 15) is 4.79 Å². The first-order valence-electron chi connectivity index (χ1n) is 7.26. The molecular weight excluding hydrogens is 238 g/mol. The number of rotatable bonds is 7. The molecule has 104 valence electrons. The summed E-state index contributed by atoms with van der Waals surface area (Å²) in [5, 5.41) is 12.5. The van der Waals surface area contributed by atoms with E-state index in [4.69, 9.17) is 5.11 Å². The van der Waals surface area contributed by atoms with E-state index in [1.54, 1.807) is 12.1 Å². The molecule has 3 heteroatoms. The van der Waals surface area contributed by atoms with Crippen LogP contribution in [0.15, 0.2) is 24.3 Å². The van der Waals surface area contributed by atoms with Crippen LogP contribution in [0.4, 0.5) is 0 Å². The van der Waals surface area contributed by atoms with E-state index in [0.29, 0.717) is 11.6 Å². The van der Waals surface area contributed by atoms with Gasteiger partial charge in [-0.25, -0.2) is 4.79 Å². The molecule has 0 radical (unpaired) electrons. The number of carboxylic acids is 1. The van der Waals surface area contributed by atoms with Crippen LogP contribution < -0.4 is 5.32 Å². The number of hydrogen-bond acceptors (Lipinski definition) is 2. The molecule has 0 saturated heterocycles. The third kappa shape index (κ3) is 3.80. The fourth-order valence-electron chi connectivity index (χ4n) is 2.67. The summed E-state index contributed by atoms with van der Waals surface area (Å²) in [6.45, 7) is 3.07. The number of benzene rings is 1. The molecule has 0 amide bonds. The van der Waals surface area contributed by atoms with Crippen molar-refractivity contribution >= 4 is 5.97 Å². The highest BCUT2D eigenvalue weighted by Gasteiger charge is 2.25. The molecular formula is C16H23NO2. The Balaban J connectivity index is 1.87. The average molecular weight is 261 g/mol. The van der Waals surface area contributed by atoms with E-state index >= 15 is 0 Å². The van der Waals surface area contributed by atoms with Crippen molar-refractivity contribution < 1.29 is 9.90 Å². The quantitative estimate of drug-likeness (QED) is 0.790. The van der Waals surface area contributed by atoms with Gasteiger partial charge in [-0.05, 0) is 42.9 Å². The Morgan fingerprint density at radius 3 is 2.53 bits per heavy atom. The monoisotopic (exact) mass is 261 g/mol. The van der Waals surface area contributed by atoms with Gasteiger partial charge in [-0.2, -0.15) is 0 Å². The first kappa shape index (κ1) is 14.1. The normalized spacial score (nSPS) is 16.9. The van der Waals surface area contributed by atoms with E-state index in [1.807, 2.05) is 12.1 Å². The zero-order valence-electron chi connectivity index (χ0n) is 11.6. The number of carbonyl (C=O) groups is 1. The van der Waals surface area contributed by atoms with E-state index in [0.717, 1.165) is 18.0 Å². The van der Waals surface area contributed by atoms with Gasteiger partial charge in [0.05, 0.1) is 5.56 Å². The molecule has 1 aliphatic rings. The molecule has 2 rings (SSSR count). The lowest BCUT2D eigenvalue weighted by Gasteiger charge is -2.34. The Morgan fingerprint density at radius 2 is 2.05 bits per heavy atom. The lowest BCUT2D eigenvalue weighted by molar-refractivity contribution is 0.0697. The predicted octanol–water partition coefficient (Wildman–Crippen LogP) is 3.44. The van der Waals surface area contributed by atoms with Crippen molar-refractivity contribution in [1.82, 2.24) is 5.32 Å². The second-order valence-corrected chi connectivity index (χ2v) is 5.47. The molecule has 19 heavy (non-hydrogen) atoms. The van der Waals surface area contributed by atoms with Crippen LogP contribution >= 0.6 is 0 Å².